The molecule has 110 valence electrons. The number of hydrogen-bond acceptors (Lipinski definition) is 1. The molecule has 1 aliphatic carbocycles. The molecule has 21 heavy (non-hydrogen) atoms. The van der Waals surface area contributed by atoms with Gasteiger partial charge in [-0.25, -0.2) is 4.39 Å². The first-order valence-corrected chi connectivity index (χ1v) is 7.75. The normalized spacial score (nSPS) is 18.0. The van der Waals surface area contributed by atoms with Crippen LogP contribution in [0.3, 0.4) is 0 Å². The molecule has 0 heterocycles. The Bertz CT molecular complexity index is 602. The van der Waals surface area contributed by atoms with Gasteiger partial charge < -0.3 is 5.73 Å². The summed E-state index contributed by atoms with van der Waals surface area (Å²) in [5.74, 6) is -0.263. The zero-order valence-electron chi connectivity index (χ0n) is 11.9. The first-order valence-electron chi connectivity index (χ1n) is 7.37. The molecular formula is C18H19ClFN. The number of nitrogens with two attached hydrogens (primary N) is 1. The summed E-state index contributed by atoms with van der Waals surface area (Å²) in [5, 5.41) is 0.466. The van der Waals surface area contributed by atoms with E-state index in [1.165, 1.54) is 18.1 Å². The smallest absolute Gasteiger partial charge is 0.127 e. The molecule has 2 N–H and O–H groups in total. The topological polar surface area (TPSA) is 26.0 Å². The van der Waals surface area contributed by atoms with Crippen LogP contribution in [0.25, 0.3) is 0 Å². The van der Waals surface area contributed by atoms with E-state index in [0.29, 0.717) is 17.0 Å². The van der Waals surface area contributed by atoms with Crippen molar-refractivity contribution >= 4 is 11.6 Å². The lowest BCUT2D eigenvalue weighted by molar-refractivity contribution is 0.193. The highest BCUT2D eigenvalue weighted by molar-refractivity contribution is 6.31. The van der Waals surface area contributed by atoms with E-state index in [4.69, 9.17) is 17.3 Å². The maximum absolute atomic E-state index is 14.0. The largest absolute Gasteiger partial charge is 0.327 e. The van der Waals surface area contributed by atoms with Gasteiger partial charge in [0, 0.05) is 22.0 Å². The minimum absolute atomic E-state index is 0.0349. The third-order valence-corrected chi connectivity index (χ3v) is 5.14. The van der Waals surface area contributed by atoms with Crippen LogP contribution in [0, 0.1) is 5.82 Å². The fourth-order valence-corrected chi connectivity index (χ4v) is 3.58. The lowest BCUT2D eigenvalue weighted by Crippen LogP contribution is -2.51. The predicted molar refractivity (Wildman–Crippen MR) is 85.1 cm³/mol. The maximum atomic E-state index is 14.0. The second kappa shape index (κ2) is 5.78. The minimum atomic E-state index is -0.263. The molecule has 1 unspecified atom stereocenters. The summed E-state index contributed by atoms with van der Waals surface area (Å²) >= 11 is 6.14. The van der Waals surface area contributed by atoms with Crippen molar-refractivity contribution < 1.29 is 4.39 Å². The zero-order valence-corrected chi connectivity index (χ0v) is 12.6. The van der Waals surface area contributed by atoms with Gasteiger partial charge in [0.25, 0.3) is 0 Å². The molecule has 1 fully saturated rings. The van der Waals surface area contributed by atoms with Crippen LogP contribution in [0.2, 0.25) is 5.02 Å². The van der Waals surface area contributed by atoms with E-state index in [0.717, 1.165) is 12.8 Å². The maximum Gasteiger partial charge on any atom is 0.127 e. The summed E-state index contributed by atoms with van der Waals surface area (Å²) in [6, 6.07) is 15.0. The molecule has 1 atom stereocenters. The highest BCUT2D eigenvalue weighted by Crippen LogP contribution is 2.46. The van der Waals surface area contributed by atoms with E-state index in [9.17, 15) is 4.39 Å². The van der Waals surface area contributed by atoms with Crippen LogP contribution in [0.1, 0.15) is 30.4 Å². The van der Waals surface area contributed by atoms with Crippen molar-refractivity contribution in [2.45, 2.75) is 37.1 Å². The lowest BCUT2D eigenvalue weighted by atomic mass is 9.59. The molecule has 1 nitrogen and oxygen atoms in total. The van der Waals surface area contributed by atoms with Gasteiger partial charge in [0.15, 0.2) is 0 Å². The molecule has 0 spiro atoms. The van der Waals surface area contributed by atoms with E-state index in [1.807, 2.05) is 18.2 Å². The molecule has 0 saturated heterocycles. The Hall–Kier alpha value is -1.38. The quantitative estimate of drug-likeness (QED) is 0.886. The van der Waals surface area contributed by atoms with Crippen LogP contribution < -0.4 is 5.73 Å². The van der Waals surface area contributed by atoms with Gasteiger partial charge in [-0.1, -0.05) is 54.4 Å². The van der Waals surface area contributed by atoms with E-state index in [2.05, 4.69) is 12.1 Å². The monoisotopic (exact) mass is 303 g/mol. The van der Waals surface area contributed by atoms with E-state index < -0.39 is 0 Å². The summed E-state index contributed by atoms with van der Waals surface area (Å²) < 4.78 is 14.0. The Labute approximate surface area is 129 Å². The number of rotatable bonds is 4. The number of hydrogen-bond donors (Lipinski definition) is 1. The first kappa shape index (κ1) is 14.6. The van der Waals surface area contributed by atoms with Crippen LogP contribution in [0.15, 0.2) is 48.5 Å². The Kier molecular flexibility index (Phi) is 4.01. The summed E-state index contributed by atoms with van der Waals surface area (Å²) in [4.78, 5) is 0. The van der Waals surface area contributed by atoms with E-state index in [-0.39, 0.29) is 17.3 Å². The average Bonchev–Trinajstić information content (AvgIpc) is 2.43. The fourth-order valence-electron chi connectivity index (χ4n) is 3.34. The highest BCUT2D eigenvalue weighted by atomic mass is 35.5. The molecule has 3 heteroatoms. The molecule has 0 radical (unpaired) electrons. The van der Waals surface area contributed by atoms with Crippen molar-refractivity contribution in [3.05, 3.63) is 70.5 Å². The molecule has 0 aliphatic heterocycles. The van der Waals surface area contributed by atoms with Crippen molar-refractivity contribution in [2.24, 2.45) is 5.73 Å². The third-order valence-electron chi connectivity index (χ3n) is 4.79. The van der Waals surface area contributed by atoms with E-state index >= 15 is 0 Å². The van der Waals surface area contributed by atoms with Crippen molar-refractivity contribution in [3.8, 4) is 0 Å². The standard InChI is InChI=1S/C18H19ClFN/c19-15-8-4-9-16(20)14(15)12-17(21)18(10-5-11-18)13-6-2-1-3-7-13/h1-4,6-9,17H,5,10-12,21H2. The summed E-state index contributed by atoms with van der Waals surface area (Å²) in [7, 11) is 0. The fraction of sp³-hybridized carbons (Fsp3) is 0.333. The Balaban J connectivity index is 1.89. The minimum Gasteiger partial charge on any atom is -0.327 e. The van der Waals surface area contributed by atoms with Gasteiger partial charge in [0.05, 0.1) is 0 Å². The molecule has 3 rings (SSSR count). The van der Waals surface area contributed by atoms with Gasteiger partial charge >= 0.3 is 0 Å². The molecule has 1 aliphatic rings. The second-order valence-electron chi connectivity index (χ2n) is 5.89. The van der Waals surface area contributed by atoms with Gasteiger partial charge in [0.1, 0.15) is 5.82 Å². The van der Waals surface area contributed by atoms with Crippen molar-refractivity contribution in [1.82, 2.24) is 0 Å². The third kappa shape index (κ3) is 2.58. The van der Waals surface area contributed by atoms with Crippen LogP contribution in [-0.2, 0) is 11.8 Å². The summed E-state index contributed by atoms with van der Waals surface area (Å²) in [6.07, 6.45) is 3.77. The van der Waals surface area contributed by atoms with Gasteiger partial charge in [-0.3, -0.25) is 0 Å². The van der Waals surface area contributed by atoms with Gasteiger partial charge in [-0.2, -0.15) is 0 Å². The van der Waals surface area contributed by atoms with Crippen LogP contribution >= 0.6 is 11.6 Å². The predicted octanol–water partition coefficient (Wildman–Crippen LogP) is 4.47. The van der Waals surface area contributed by atoms with Crippen molar-refractivity contribution in [3.63, 3.8) is 0 Å². The average molecular weight is 304 g/mol. The second-order valence-corrected chi connectivity index (χ2v) is 6.29. The summed E-state index contributed by atoms with van der Waals surface area (Å²) in [6.45, 7) is 0. The summed E-state index contributed by atoms with van der Waals surface area (Å²) in [5.41, 5.74) is 8.25. The Morgan fingerprint density at radius 2 is 1.81 bits per heavy atom. The zero-order chi connectivity index (χ0) is 14.9. The van der Waals surface area contributed by atoms with Gasteiger partial charge in [-0.05, 0) is 37.0 Å². The molecule has 1 saturated carbocycles. The van der Waals surface area contributed by atoms with Crippen molar-refractivity contribution in [2.75, 3.05) is 0 Å². The molecule has 2 aromatic rings. The molecule has 0 aromatic heterocycles. The van der Waals surface area contributed by atoms with Gasteiger partial charge in [-0.15, -0.1) is 0 Å². The lowest BCUT2D eigenvalue weighted by Gasteiger charge is -2.47. The van der Waals surface area contributed by atoms with Gasteiger partial charge in [0.2, 0.25) is 0 Å². The Morgan fingerprint density at radius 3 is 2.38 bits per heavy atom. The molecule has 0 amide bonds. The SMILES string of the molecule is NC(Cc1c(F)cccc1Cl)C1(c2ccccc2)CCC1. The molecule has 2 aromatic carbocycles. The van der Waals surface area contributed by atoms with E-state index in [1.54, 1.807) is 12.1 Å². The Morgan fingerprint density at radius 1 is 1.10 bits per heavy atom. The number of halogens is 2. The van der Waals surface area contributed by atoms with Crippen LogP contribution in [0.5, 0.6) is 0 Å². The van der Waals surface area contributed by atoms with Crippen LogP contribution in [0.4, 0.5) is 4.39 Å². The highest BCUT2D eigenvalue weighted by Gasteiger charge is 2.43. The first-order chi connectivity index (χ1) is 10.1. The van der Waals surface area contributed by atoms with Crippen LogP contribution in [-0.4, -0.2) is 6.04 Å². The molecule has 0 bridgehead atoms. The number of benzene rings is 2. The van der Waals surface area contributed by atoms with Crippen molar-refractivity contribution in [1.29, 1.82) is 0 Å². The molecular weight excluding hydrogens is 285 g/mol.